The van der Waals surface area contributed by atoms with Crippen molar-refractivity contribution in [3.05, 3.63) is 57.6 Å². The second kappa shape index (κ2) is 8.92. The van der Waals surface area contributed by atoms with Crippen molar-refractivity contribution >= 4 is 40.8 Å². The van der Waals surface area contributed by atoms with E-state index in [-0.39, 0.29) is 6.61 Å². The Balaban J connectivity index is 1.85. The zero-order valence-electron chi connectivity index (χ0n) is 14.6. The summed E-state index contributed by atoms with van der Waals surface area (Å²) in [6, 6.07) is 10.1. The Morgan fingerprint density at radius 1 is 1.04 bits per heavy atom. The van der Waals surface area contributed by atoms with E-state index in [1.807, 2.05) is 26.0 Å². The van der Waals surface area contributed by atoms with Crippen molar-refractivity contribution in [1.29, 1.82) is 0 Å². The maximum absolute atomic E-state index is 12.1. The highest BCUT2D eigenvalue weighted by atomic mass is 35.5. The largest absolute Gasteiger partial charge is 0.482 e. The quantitative estimate of drug-likeness (QED) is 0.728. The van der Waals surface area contributed by atoms with E-state index in [0.29, 0.717) is 21.5 Å². The van der Waals surface area contributed by atoms with Gasteiger partial charge in [0, 0.05) is 15.7 Å². The van der Waals surface area contributed by atoms with Crippen molar-refractivity contribution in [3.8, 4) is 5.75 Å². The van der Waals surface area contributed by atoms with Crippen molar-refractivity contribution < 1.29 is 19.1 Å². The first-order chi connectivity index (χ1) is 12.2. The molecule has 0 saturated heterocycles. The van der Waals surface area contributed by atoms with Crippen LogP contribution in [0.3, 0.4) is 0 Å². The Hall–Kier alpha value is -2.24. The lowest BCUT2D eigenvalue weighted by molar-refractivity contribution is -0.155. The molecule has 0 aliphatic heterocycles. The summed E-state index contributed by atoms with van der Waals surface area (Å²) >= 11 is 11.8. The van der Waals surface area contributed by atoms with Crippen LogP contribution in [0.5, 0.6) is 5.75 Å². The fraction of sp³-hybridized carbons (Fsp3) is 0.263. The van der Waals surface area contributed by atoms with Gasteiger partial charge in [0.2, 0.25) is 0 Å². The van der Waals surface area contributed by atoms with Gasteiger partial charge in [-0.3, -0.25) is 4.79 Å². The summed E-state index contributed by atoms with van der Waals surface area (Å²) in [7, 11) is 0. The van der Waals surface area contributed by atoms with Crippen LogP contribution < -0.4 is 10.1 Å². The normalized spacial score (nSPS) is 11.6. The average molecular weight is 396 g/mol. The van der Waals surface area contributed by atoms with Crippen molar-refractivity contribution in [2.45, 2.75) is 26.9 Å². The van der Waals surface area contributed by atoms with Crippen molar-refractivity contribution in [2.75, 3.05) is 11.9 Å². The van der Waals surface area contributed by atoms with E-state index in [4.69, 9.17) is 32.7 Å². The van der Waals surface area contributed by atoms with Gasteiger partial charge in [0.25, 0.3) is 5.91 Å². The van der Waals surface area contributed by atoms with Gasteiger partial charge < -0.3 is 14.8 Å². The highest BCUT2D eigenvalue weighted by Gasteiger charge is 2.18. The minimum absolute atomic E-state index is 0.289. The molecule has 2 aromatic carbocycles. The summed E-state index contributed by atoms with van der Waals surface area (Å²) < 4.78 is 10.5. The van der Waals surface area contributed by atoms with E-state index in [1.165, 1.54) is 6.92 Å². The molecule has 0 aromatic heterocycles. The number of carbonyl (C=O) groups excluding carboxylic acids is 2. The molecule has 0 aliphatic carbocycles. The molecule has 0 spiro atoms. The molecule has 2 rings (SSSR count). The number of amides is 1. The molecular weight excluding hydrogens is 377 g/mol. The van der Waals surface area contributed by atoms with Gasteiger partial charge in [-0.15, -0.1) is 0 Å². The number of rotatable bonds is 6. The van der Waals surface area contributed by atoms with Gasteiger partial charge in [-0.05, 0) is 62.2 Å². The van der Waals surface area contributed by atoms with Gasteiger partial charge in [-0.25, -0.2) is 4.79 Å². The molecule has 0 unspecified atom stereocenters. The van der Waals surface area contributed by atoms with Crippen molar-refractivity contribution in [3.63, 3.8) is 0 Å². The first-order valence-electron chi connectivity index (χ1n) is 7.91. The molecule has 1 N–H and O–H groups in total. The third kappa shape index (κ3) is 5.93. The van der Waals surface area contributed by atoms with E-state index in [2.05, 4.69) is 5.32 Å². The number of carbonyl (C=O) groups is 2. The van der Waals surface area contributed by atoms with Crippen LogP contribution in [0, 0.1) is 13.8 Å². The van der Waals surface area contributed by atoms with E-state index < -0.39 is 18.0 Å². The maximum atomic E-state index is 12.1. The SMILES string of the molecule is Cc1ccc(OCC(=O)O[C@H](C)C(=O)Nc2cc(Cl)cc(Cl)c2)cc1C. The van der Waals surface area contributed by atoms with E-state index in [9.17, 15) is 9.59 Å². The second-order valence-corrected chi connectivity index (χ2v) is 6.69. The number of ether oxygens (including phenoxy) is 2. The lowest BCUT2D eigenvalue weighted by atomic mass is 10.1. The molecular formula is C19H19Cl2NO4. The fourth-order valence-corrected chi connectivity index (χ4v) is 2.63. The third-order valence-corrected chi connectivity index (χ3v) is 4.08. The van der Waals surface area contributed by atoms with E-state index >= 15 is 0 Å². The van der Waals surface area contributed by atoms with Crippen LogP contribution in [-0.4, -0.2) is 24.6 Å². The second-order valence-electron chi connectivity index (χ2n) is 5.81. The van der Waals surface area contributed by atoms with Crippen molar-refractivity contribution in [1.82, 2.24) is 0 Å². The molecule has 5 nitrogen and oxygen atoms in total. The van der Waals surface area contributed by atoms with Gasteiger partial charge in [0.1, 0.15) is 5.75 Å². The summed E-state index contributed by atoms with van der Waals surface area (Å²) in [6.45, 7) is 5.12. The first-order valence-corrected chi connectivity index (χ1v) is 8.66. The summed E-state index contributed by atoms with van der Waals surface area (Å²) in [5.41, 5.74) is 2.61. The summed E-state index contributed by atoms with van der Waals surface area (Å²) in [6.07, 6.45) is -0.997. The minimum Gasteiger partial charge on any atom is -0.482 e. The van der Waals surface area contributed by atoms with Gasteiger partial charge >= 0.3 is 5.97 Å². The monoisotopic (exact) mass is 395 g/mol. The molecule has 0 bridgehead atoms. The van der Waals surface area contributed by atoms with Crippen LogP contribution in [0.4, 0.5) is 5.69 Å². The summed E-state index contributed by atoms with van der Waals surface area (Å²) in [5.74, 6) is -0.575. The van der Waals surface area contributed by atoms with E-state index in [0.717, 1.165) is 11.1 Å². The predicted molar refractivity (Wildman–Crippen MR) is 102 cm³/mol. The molecule has 0 aliphatic rings. The number of hydrogen-bond acceptors (Lipinski definition) is 4. The minimum atomic E-state index is -0.997. The van der Waals surface area contributed by atoms with Crippen LogP contribution in [0.15, 0.2) is 36.4 Å². The Labute approximate surface area is 162 Å². The fourth-order valence-electron chi connectivity index (χ4n) is 2.10. The number of aryl methyl sites for hydroxylation is 2. The Morgan fingerprint density at radius 2 is 1.69 bits per heavy atom. The average Bonchev–Trinajstić information content (AvgIpc) is 2.55. The smallest absolute Gasteiger partial charge is 0.344 e. The summed E-state index contributed by atoms with van der Waals surface area (Å²) in [5, 5.41) is 3.37. The summed E-state index contributed by atoms with van der Waals surface area (Å²) in [4.78, 5) is 24.0. The maximum Gasteiger partial charge on any atom is 0.344 e. The lowest BCUT2D eigenvalue weighted by Gasteiger charge is -2.14. The molecule has 138 valence electrons. The molecule has 0 heterocycles. The van der Waals surface area contributed by atoms with Gasteiger partial charge in [0.05, 0.1) is 0 Å². The standard InChI is InChI=1S/C19H19Cl2NO4/c1-11-4-5-17(6-12(11)2)25-10-18(23)26-13(3)19(24)22-16-8-14(20)7-15(21)9-16/h4-9,13H,10H2,1-3H3,(H,22,24)/t13-/m1/s1. The van der Waals surface area contributed by atoms with E-state index in [1.54, 1.807) is 24.3 Å². The molecule has 0 saturated carbocycles. The van der Waals surface area contributed by atoms with Gasteiger partial charge in [0.15, 0.2) is 12.7 Å². The molecule has 1 atom stereocenters. The highest BCUT2D eigenvalue weighted by molar-refractivity contribution is 6.35. The highest BCUT2D eigenvalue weighted by Crippen LogP contribution is 2.22. The van der Waals surface area contributed by atoms with Crippen LogP contribution in [0.1, 0.15) is 18.1 Å². The zero-order valence-corrected chi connectivity index (χ0v) is 16.1. The number of halogens is 2. The number of benzene rings is 2. The number of nitrogens with one attached hydrogen (secondary N) is 1. The molecule has 7 heteroatoms. The topological polar surface area (TPSA) is 64.6 Å². The van der Waals surface area contributed by atoms with Crippen molar-refractivity contribution in [2.24, 2.45) is 0 Å². The van der Waals surface area contributed by atoms with Crippen LogP contribution >= 0.6 is 23.2 Å². The molecule has 0 fully saturated rings. The van der Waals surface area contributed by atoms with Crippen LogP contribution in [-0.2, 0) is 14.3 Å². The number of hydrogen-bond donors (Lipinski definition) is 1. The predicted octanol–water partition coefficient (Wildman–Crippen LogP) is 4.56. The first kappa shape index (κ1) is 20.1. The zero-order chi connectivity index (χ0) is 19.3. The Morgan fingerprint density at radius 3 is 2.31 bits per heavy atom. The molecule has 2 aromatic rings. The Bertz CT molecular complexity index is 803. The van der Waals surface area contributed by atoms with Gasteiger partial charge in [-0.2, -0.15) is 0 Å². The number of anilines is 1. The van der Waals surface area contributed by atoms with Crippen LogP contribution in [0.2, 0.25) is 10.0 Å². The Kier molecular flexibility index (Phi) is 6.89. The molecule has 1 amide bonds. The number of esters is 1. The molecule has 26 heavy (non-hydrogen) atoms. The van der Waals surface area contributed by atoms with Gasteiger partial charge in [-0.1, -0.05) is 29.3 Å². The third-order valence-electron chi connectivity index (χ3n) is 3.64. The molecule has 0 radical (unpaired) electrons. The lowest BCUT2D eigenvalue weighted by Crippen LogP contribution is -2.31. The van der Waals surface area contributed by atoms with Crippen LogP contribution in [0.25, 0.3) is 0 Å².